The van der Waals surface area contributed by atoms with Crippen molar-refractivity contribution in [3.63, 3.8) is 0 Å². The number of para-hydroxylation sites is 2. The Bertz CT molecular complexity index is 1090. The first-order valence-electron chi connectivity index (χ1n) is 9.23. The Labute approximate surface area is 161 Å². The van der Waals surface area contributed by atoms with Crippen LogP contribution in [0.15, 0.2) is 60.7 Å². The fourth-order valence-corrected chi connectivity index (χ4v) is 3.46. The molecule has 6 heteroatoms. The van der Waals surface area contributed by atoms with Crippen LogP contribution in [0.3, 0.4) is 0 Å². The number of hydrogen-bond donors (Lipinski definition) is 0. The maximum Gasteiger partial charge on any atom is 0.424 e. The number of aryl methyl sites for hydroxylation is 2. The summed E-state index contributed by atoms with van der Waals surface area (Å²) in [6.45, 7) is 5.11. The van der Waals surface area contributed by atoms with E-state index in [9.17, 15) is 9.59 Å². The van der Waals surface area contributed by atoms with Crippen molar-refractivity contribution in [1.29, 1.82) is 0 Å². The van der Waals surface area contributed by atoms with Gasteiger partial charge >= 0.3 is 11.9 Å². The third-order valence-corrected chi connectivity index (χ3v) is 4.74. The highest BCUT2D eigenvalue weighted by atomic mass is 16.6. The monoisotopic (exact) mass is 376 g/mol. The van der Waals surface area contributed by atoms with E-state index >= 15 is 0 Å². The van der Waals surface area contributed by atoms with Crippen molar-refractivity contribution in [1.82, 2.24) is 9.13 Å². The van der Waals surface area contributed by atoms with Crippen molar-refractivity contribution < 1.29 is 19.1 Å². The van der Waals surface area contributed by atoms with Gasteiger partial charge in [0, 0.05) is 36.0 Å². The quantitative estimate of drug-likeness (QED) is 0.397. The van der Waals surface area contributed by atoms with Gasteiger partial charge in [0.2, 0.25) is 11.8 Å². The van der Waals surface area contributed by atoms with Crippen LogP contribution in [0.5, 0.6) is 11.8 Å². The van der Waals surface area contributed by atoms with Crippen LogP contribution >= 0.6 is 0 Å². The molecule has 0 spiro atoms. The molecule has 4 rings (SSSR count). The van der Waals surface area contributed by atoms with E-state index in [1.54, 1.807) is 12.1 Å². The van der Waals surface area contributed by atoms with E-state index in [1.807, 2.05) is 71.5 Å². The van der Waals surface area contributed by atoms with Crippen LogP contribution in [-0.4, -0.2) is 21.1 Å². The van der Waals surface area contributed by atoms with E-state index in [4.69, 9.17) is 9.47 Å². The lowest BCUT2D eigenvalue weighted by Gasteiger charge is -2.09. The summed E-state index contributed by atoms with van der Waals surface area (Å²) in [6.07, 6.45) is 0. The topological polar surface area (TPSA) is 62.5 Å². The Kier molecular flexibility index (Phi) is 4.61. The predicted molar refractivity (Wildman–Crippen MR) is 106 cm³/mol. The number of fused-ring (bicyclic) bond motifs is 2. The second kappa shape index (κ2) is 7.23. The number of hydrogen-bond acceptors (Lipinski definition) is 4. The van der Waals surface area contributed by atoms with Crippen molar-refractivity contribution in [3.8, 4) is 11.8 Å². The minimum absolute atomic E-state index is 0.321. The van der Waals surface area contributed by atoms with Crippen LogP contribution in [0.4, 0.5) is 0 Å². The molecule has 0 saturated heterocycles. The summed E-state index contributed by atoms with van der Waals surface area (Å²) in [5.41, 5.74) is 1.87. The average Bonchev–Trinajstić information content (AvgIpc) is 3.24. The molecule has 0 saturated carbocycles. The Hall–Kier alpha value is -3.54. The highest BCUT2D eigenvalue weighted by Crippen LogP contribution is 2.27. The summed E-state index contributed by atoms with van der Waals surface area (Å²) in [5.74, 6) is -1.46. The average molecular weight is 376 g/mol. The molecule has 142 valence electrons. The third kappa shape index (κ3) is 3.03. The van der Waals surface area contributed by atoms with Crippen LogP contribution in [-0.2, 0) is 22.7 Å². The number of rotatable bonds is 4. The van der Waals surface area contributed by atoms with E-state index in [0.717, 1.165) is 21.8 Å². The van der Waals surface area contributed by atoms with Gasteiger partial charge < -0.3 is 18.6 Å². The van der Waals surface area contributed by atoms with Gasteiger partial charge in [-0.2, -0.15) is 0 Å². The molecule has 0 unspecified atom stereocenters. The number of ether oxygens (including phenoxy) is 2. The minimum Gasteiger partial charge on any atom is -0.401 e. The molecule has 0 aliphatic rings. The predicted octanol–water partition coefficient (Wildman–Crippen LogP) is 4.15. The number of benzene rings is 2. The first-order valence-corrected chi connectivity index (χ1v) is 9.23. The number of esters is 2. The van der Waals surface area contributed by atoms with Crippen LogP contribution < -0.4 is 9.47 Å². The molecule has 0 aliphatic heterocycles. The summed E-state index contributed by atoms with van der Waals surface area (Å²) in [5, 5.41) is 1.87. The Morgan fingerprint density at radius 2 is 1.11 bits per heavy atom. The molecule has 2 aromatic heterocycles. The second-order valence-electron chi connectivity index (χ2n) is 6.35. The summed E-state index contributed by atoms with van der Waals surface area (Å²) < 4.78 is 14.4. The van der Waals surface area contributed by atoms with E-state index in [1.165, 1.54) is 0 Å². The first kappa shape index (κ1) is 17.9. The molecule has 28 heavy (non-hydrogen) atoms. The molecule has 4 aromatic rings. The van der Waals surface area contributed by atoms with Gasteiger partial charge in [-0.15, -0.1) is 0 Å². The standard InChI is InChI=1S/C22H20N2O4/c1-3-23-17-11-7-5-9-15(17)13-19(23)27-21(25)22(26)28-20-14-16-10-6-8-12-18(16)24(20)4-2/h5-14H,3-4H2,1-2H3. The van der Waals surface area contributed by atoms with Crippen LogP contribution in [0.25, 0.3) is 21.8 Å². The molecule has 0 N–H and O–H groups in total. The molecule has 6 nitrogen and oxygen atoms in total. The van der Waals surface area contributed by atoms with Crippen molar-refractivity contribution >= 4 is 33.7 Å². The van der Waals surface area contributed by atoms with Gasteiger partial charge in [-0.3, -0.25) is 0 Å². The SMILES string of the molecule is CCn1c(OC(=O)C(=O)Oc2cc3ccccc3n2CC)cc2ccccc21. The lowest BCUT2D eigenvalue weighted by atomic mass is 10.2. The van der Waals surface area contributed by atoms with Gasteiger partial charge in [0.15, 0.2) is 0 Å². The lowest BCUT2D eigenvalue weighted by molar-refractivity contribution is -0.156. The zero-order chi connectivity index (χ0) is 19.7. The lowest BCUT2D eigenvalue weighted by Crippen LogP contribution is -2.27. The van der Waals surface area contributed by atoms with Crippen molar-refractivity contribution in [2.75, 3.05) is 0 Å². The van der Waals surface area contributed by atoms with Crippen LogP contribution in [0.1, 0.15) is 13.8 Å². The van der Waals surface area contributed by atoms with Crippen molar-refractivity contribution in [3.05, 3.63) is 60.7 Å². The Morgan fingerprint density at radius 3 is 1.50 bits per heavy atom. The molecule has 0 bridgehead atoms. The number of carbonyl (C=O) groups is 2. The maximum atomic E-state index is 12.4. The van der Waals surface area contributed by atoms with Crippen molar-refractivity contribution in [2.45, 2.75) is 26.9 Å². The highest BCUT2D eigenvalue weighted by molar-refractivity contribution is 6.31. The highest BCUT2D eigenvalue weighted by Gasteiger charge is 2.23. The summed E-state index contributed by atoms with van der Waals surface area (Å²) in [4.78, 5) is 24.7. The summed E-state index contributed by atoms with van der Waals surface area (Å²) >= 11 is 0. The fourth-order valence-electron chi connectivity index (χ4n) is 3.46. The van der Waals surface area contributed by atoms with E-state index < -0.39 is 11.9 Å². The molecule has 2 aromatic carbocycles. The number of aromatic nitrogens is 2. The second-order valence-corrected chi connectivity index (χ2v) is 6.35. The zero-order valence-corrected chi connectivity index (χ0v) is 15.7. The molecule has 0 aliphatic carbocycles. The minimum atomic E-state index is -1.05. The van der Waals surface area contributed by atoms with Crippen molar-refractivity contribution in [2.24, 2.45) is 0 Å². The largest absolute Gasteiger partial charge is 0.424 e. The molecule has 0 atom stereocenters. The molecule has 2 heterocycles. The van der Waals surface area contributed by atoms with Gasteiger partial charge in [0.05, 0.1) is 11.0 Å². The van der Waals surface area contributed by atoms with Gasteiger partial charge in [0.25, 0.3) is 0 Å². The first-order chi connectivity index (χ1) is 13.6. The normalized spacial score (nSPS) is 11.1. The zero-order valence-electron chi connectivity index (χ0n) is 15.7. The molecule has 0 amide bonds. The number of nitrogens with zero attached hydrogens (tertiary/aromatic N) is 2. The van der Waals surface area contributed by atoms with Crippen LogP contribution in [0, 0.1) is 0 Å². The van der Waals surface area contributed by atoms with E-state index in [2.05, 4.69) is 0 Å². The molecular formula is C22H20N2O4. The van der Waals surface area contributed by atoms with Crippen LogP contribution in [0.2, 0.25) is 0 Å². The smallest absolute Gasteiger partial charge is 0.401 e. The van der Waals surface area contributed by atoms with Gasteiger partial charge in [0.1, 0.15) is 0 Å². The molecule has 0 radical (unpaired) electrons. The fraction of sp³-hybridized carbons (Fsp3) is 0.182. The number of carbonyl (C=O) groups excluding carboxylic acids is 2. The molecular weight excluding hydrogens is 356 g/mol. The van der Waals surface area contributed by atoms with Gasteiger partial charge in [-0.1, -0.05) is 36.4 Å². The third-order valence-electron chi connectivity index (χ3n) is 4.74. The van der Waals surface area contributed by atoms with Gasteiger partial charge in [-0.25, -0.2) is 9.59 Å². The maximum absolute atomic E-state index is 12.4. The molecule has 0 fully saturated rings. The Morgan fingerprint density at radius 1 is 0.714 bits per heavy atom. The van der Waals surface area contributed by atoms with E-state index in [0.29, 0.717) is 24.8 Å². The van der Waals surface area contributed by atoms with Gasteiger partial charge in [-0.05, 0) is 26.0 Å². The summed E-state index contributed by atoms with van der Waals surface area (Å²) in [6, 6.07) is 18.9. The Balaban J connectivity index is 1.57. The van der Waals surface area contributed by atoms with E-state index in [-0.39, 0.29) is 0 Å². The summed E-state index contributed by atoms with van der Waals surface area (Å²) in [7, 11) is 0.